The van der Waals surface area contributed by atoms with Gasteiger partial charge in [0.2, 0.25) is 0 Å². The van der Waals surface area contributed by atoms with Crippen molar-refractivity contribution in [2.24, 2.45) is 11.7 Å². The van der Waals surface area contributed by atoms with Crippen molar-refractivity contribution in [3.05, 3.63) is 33.3 Å². The maximum Gasteiger partial charge on any atom is 0.0551 e. The molecule has 0 fully saturated rings. The van der Waals surface area contributed by atoms with Crippen molar-refractivity contribution >= 4 is 27.5 Å². The Balaban J connectivity index is 2.97. The monoisotopic (exact) mass is 261 g/mol. The third-order valence-corrected chi connectivity index (χ3v) is 3.28. The topological polar surface area (TPSA) is 26.0 Å². The van der Waals surface area contributed by atoms with Crippen molar-refractivity contribution in [2.45, 2.75) is 19.9 Å². The summed E-state index contributed by atoms with van der Waals surface area (Å²) in [5.41, 5.74) is 7.07. The van der Waals surface area contributed by atoms with Crippen molar-refractivity contribution in [3.8, 4) is 0 Å². The summed E-state index contributed by atoms with van der Waals surface area (Å²) in [6, 6.07) is 5.90. The highest BCUT2D eigenvalue weighted by Crippen LogP contribution is 2.27. The SMILES string of the molecule is CC(C)[C@@H](N)c1ccc(Br)c(Cl)c1. The van der Waals surface area contributed by atoms with E-state index < -0.39 is 0 Å². The summed E-state index contributed by atoms with van der Waals surface area (Å²) in [5.74, 6) is 0.428. The molecule has 1 aromatic rings. The average Bonchev–Trinajstić information content (AvgIpc) is 2.08. The third kappa shape index (κ3) is 2.70. The molecule has 1 rings (SSSR count). The molecule has 0 amide bonds. The van der Waals surface area contributed by atoms with Gasteiger partial charge < -0.3 is 5.73 Å². The standard InChI is InChI=1S/C10H13BrClN/c1-6(2)10(13)7-3-4-8(11)9(12)5-7/h3-6,10H,13H2,1-2H3/t10-/m1/s1. The van der Waals surface area contributed by atoms with E-state index in [9.17, 15) is 0 Å². The van der Waals surface area contributed by atoms with Gasteiger partial charge in [-0.3, -0.25) is 0 Å². The number of benzene rings is 1. The Hall–Kier alpha value is -0.0500. The third-order valence-electron chi connectivity index (χ3n) is 2.05. The molecule has 72 valence electrons. The van der Waals surface area contributed by atoms with Crippen LogP contribution in [0.4, 0.5) is 0 Å². The van der Waals surface area contributed by atoms with E-state index in [-0.39, 0.29) is 6.04 Å². The van der Waals surface area contributed by atoms with Crippen LogP contribution in [-0.2, 0) is 0 Å². The highest BCUT2D eigenvalue weighted by atomic mass is 79.9. The lowest BCUT2D eigenvalue weighted by molar-refractivity contribution is 0.514. The molecule has 0 bridgehead atoms. The second kappa shape index (κ2) is 4.45. The molecule has 0 unspecified atom stereocenters. The molecule has 0 radical (unpaired) electrons. The van der Waals surface area contributed by atoms with E-state index in [0.717, 1.165) is 10.0 Å². The van der Waals surface area contributed by atoms with Crippen molar-refractivity contribution in [1.82, 2.24) is 0 Å². The summed E-state index contributed by atoms with van der Waals surface area (Å²) in [7, 11) is 0. The zero-order chi connectivity index (χ0) is 10.0. The maximum absolute atomic E-state index is 5.98. The van der Waals surface area contributed by atoms with Crippen LogP contribution in [0.3, 0.4) is 0 Å². The number of nitrogens with two attached hydrogens (primary N) is 1. The van der Waals surface area contributed by atoms with Crippen LogP contribution in [0.15, 0.2) is 22.7 Å². The van der Waals surface area contributed by atoms with Gasteiger partial charge in [-0.2, -0.15) is 0 Å². The van der Waals surface area contributed by atoms with Crippen LogP contribution in [0.2, 0.25) is 5.02 Å². The maximum atomic E-state index is 5.98. The summed E-state index contributed by atoms with van der Waals surface area (Å²) < 4.78 is 0.911. The molecule has 1 nitrogen and oxygen atoms in total. The molecule has 0 aliphatic heterocycles. The molecule has 0 aromatic heterocycles. The summed E-state index contributed by atoms with van der Waals surface area (Å²) >= 11 is 9.30. The molecule has 0 aliphatic carbocycles. The first-order chi connectivity index (χ1) is 6.02. The van der Waals surface area contributed by atoms with Gasteiger partial charge in [0, 0.05) is 10.5 Å². The van der Waals surface area contributed by atoms with Crippen LogP contribution in [0.25, 0.3) is 0 Å². The Morgan fingerprint density at radius 2 is 2.00 bits per heavy atom. The molecule has 1 aromatic carbocycles. The van der Waals surface area contributed by atoms with Gasteiger partial charge in [0.15, 0.2) is 0 Å². The normalized spacial score (nSPS) is 13.4. The molecule has 0 aliphatic rings. The number of hydrogen-bond donors (Lipinski definition) is 1. The Morgan fingerprint density at radius 1 is 1.38 bits per heavy atom. The van der Waals surface area contributed by atoms with Gasteiger partial charge >= 0.3 is 0 Å². The largest absolute Gasteiger partial charge is 0.324 e. The van der Waals surface area contributed by atoms with Crippen LogP contribution in [0, 0.1) is 5.92 Å². The fourth-order valence-corrected chi connectivity index (χ4v) is 1.54. The van der Waals surface area contributed by atoms with Gasteiger partial charge in [-0.25, -0.2) is 0 Å². The molecule has 2 N–H and O–H groups in total. The smallest absolute Gasteiger partial charge is 0.0551 e. The van der Waals surface area contributed by atoms with E-state index in [1.807, 2.05) is 18.2 Å². The van der Waals surface area contributed by atoms with Crippen LogP contribution in [-0.4, -0.2) is 0 Å². The molecular weight excluding hydrogens is 249 g/mol. The number of halogens is 2. The van der Waals surface area contributed by atoms with Crippen LogP contribution >= 0.6 is 27.5 Å². The first-order valence-electron chi connectivity index (χ1n) is 4.23. The Labute approximate surface area is 92.4 Å². The fraction of sp³-hybridized carbons (Fsp3) is 0.400. The summed E-state index contributed by atoms with van der Waals surface area (Å²) in [5, 5.41) is 0.716. The van der Waals surface area contributed by atoms with Gasteiger partial charge in [-0.05, 0) is 39.5 Å². The highest BCUT2D eigenvalue weighted by molar-refractivity contribution is 9.10. The molecule has 13 heavy (non-hydrogen) atoms. The van der Waals surface area contributed by atoms with E-state index in [0.29, 0.717) is 10.9 Å². The minimum absolute atomic E-state index is 0.0607. The van der Waals surface area contributed by atoms with E-state index in [4.69, 9.17) is 17.3 Å². The quantitative estimate of drug-likeness (QED) is 0.863. The van der Waals surface area contributed by atoms with Crippen molar-refractivity contribution < 1.29 is 0 Å². The zero-order valence-corrected chi connectivity index (χ0v) is 10.1. The van der Waals surface area contributed by atoms with E-state index in [2.05, 4.69) is 29.8 Å². The lowest BCUT2D eigenvalue weighted by Crippen LogP contribution is -2.16. The van der Waals surface area contributed by atoms with Gasteiger partial charge in [0.1, 0.15) is 0 Å². The summed E-state index contributed by atoms with van der Waals surface area (Å²) in [6.45, 7) is 4.20. The Bertz CT molecular complexity index is 299. The lowest BCUT2D eigenvalue weighted by Gasteiger charge is -2.16. The molecule has 3 heteroatoms. The van der Waals surface area contributed by atoms with Crippen molar-refractivity contribution in [2.75, 3.05) is 0 Å². The van der Waals surface area contributed by atoms with Crippen LogP contribution < -0.4 is 5.73 Å². The molecule has 0 saturated carbocycles. The Kier molecular flexibility index (Phi) is 3.77. The molecule has 0 spiro atoms. The van der Waals surface area contributed by atoms with Crippen LogP contribution in [0.1, 0.15) is 25.5 Å². The van der Waals surface area contributed by atoms with E-state index >= 15 is 0 Å². The second-order valence-corrected chi connectivity index (χ2v) is 4.70. The molecular formula is C10H13BrClN. The molecule has 0 saturated heterocycles. The predicted molar refractivity (Wildman–Crippen MR) is 60.9 cm³/mol. The van der Waals surface area contributed by atoms with Gasteiger partial charge in [-0.15, -0.1) is 0 Å². The summed E-state index contributed by atoms with van der Waals surface area (Å²) in [6.07, 6.45) is 0. The molecule has 1 atom stereocenters. The second-order valence-electron chi connectivity index (χ2n) is 3.44. The minimum Gasteiger partial charge on any atom is -0.324 e. The van der Waals surface area contributed by atoms with E-state index in [1.165, 1.54) is 0 Å². The fourth-order valence-electron chi connectivity index (χ4n) is 1.10. The van der Waals surface area contributed by atoms with Gasteiger partial charge in [0.25, 0.3) is 0 Å². The lowest BCUT2D eigenvalue weighted by atomic mass is 9.97. The predicted octanol–water partition coefficient (Wildman–Crippen LogP) is 3.76. The first-order valence-corrected chi connectivity index (χ1v) is 5.40. The van der Waals surface area contributed by atoms with Gasteiger partial charge in [0.05, 0.1) is 5.02 Å². The van der Waals surface area contributed by atoms with Crippen molar-refractivity contribution in [3.63, 3.8) is 0 Å². The molecule has 0 heterocycles. The van der Waals surface area contributed by atoms with Gasteiger partial charge in [-0.1, -0.05) is 31.5 Å². The zero-order valence-electron chi connectivity index (χ0n) is 7.72. The van der Waals surface area contributed by atoms with E-state index in [1.54, 1.807) is 0 Å². The minimum atomic E-state index is 0.0607. The number of rotatable bonds is 2. The number of hydrogen-bond acceptors (Lipinski definition) is 1. The summed E-state index contributed by atoms with van der Waals surface area (Å²) in [4.78, 5) is 0. The Morgan fingerprint density at radius 3 is 2.46 bits per heavy atom. The van der Waals surface area contributed by atoms with Crippen LogP contribution in [0.5, 0.6) is 0 Å². The first kappa shape index (κ1) is 11.0. The highest BCUT2D eigenvalue weighted by Gasteiger charge is 2.11. The average molecular weight is 263 g/mol. The van der Waals surface area contributed by atoms with Crippen molar-refractivity contribution in [1.29, 1.82) is 0 Å².